The standard InChI is InChI=1S/C19H24N6O/c1-21-19(23-15-20)22-13-7-2-3-8-14-25-18(26)12-11-17(24-25)16-9-5-4-6-10-16/h4-6,9-12H,2-3,7-8,13-14H2,1H3,(H2,21,22,23). The largest absolute Gasteiger partial charge is 0.356 e. The highest BCUT2D eigenvalue weighted by molar-refractivity contribution is 5.80. The molecule has 0 spiro atoms. The third kappa shape index (κ3) is 6.06. The van der Waals surface area contributed by atoms with Crippen LogP contribution in [0.2, 0.25) is 0 Å². The van der Waals surface area contributed by atoms with Gasteiger partial charge in [-0.05, 0) is 18.9 Å². The molecule has 2 aromatic rings. The normalized spacial score (nSPS) is 11.0. The number of guanidine groups is 1. The van der Waals surface area contributed by atoms with E-state index in [1.165, 1.54) is 0 Å². The summed E-state index contributed by atoms with van der Waals surface area (Å²) < 4.78 is 1.54. The van der Waals surface area contributed by atoms with Crippen LogP contribution in [0.3, 0.4) is 0 Å². The molecular weight excluding hydrogens is 328 g/mol. The van der Waals surface area contributed by atoms with Gasteiger partial charge in [0, 0.05) is 31.8 Å². The van der Waals surface area contributed by atoms with Gasteiger partial charge in [-0.1, -0.05) is 43.2 Å². The predicted octanol–water partition coefficient (Wildman–Crippen LogP) is 2.12. The minimum absolute atomic E-state index is 0.0716. The summed E-state index contributed by atoms with van der Waals surface area (Å²) in [5.41, 5.74) is 1.75. The van der Waals surface area contributed by atoms with Crippen molar-refractivity contribution in [3.63, 3.8) is 0 Å². The number of benzene rings is 1. The van der Waals surface area contributed by atoms with E-state index in [-0.39, 0.29) is 5.56 Å². The van der Waals surface area contributed by atoms with Crippen LogP contribution in [0.5, 0.6) is 0 Å². The van der Waals surface area contributed by atoms with Gasteiger partial charge in [-0.2, -0.15) is 10.4 Å². The summed E-state index contributed by atoms with van der Waals surface area (Å²) in [5.74, 6) is 0.487. The van der Waals surface area contributed by atoms with Crippen LogP contribution in [-0.2, 0) is 6.54 Å². The van der Waals surface area contributed by atoms with Crippen molar-refractivity contribution in [1.82, 2.24) is 20.4 Å². The van der Waals surface area contributed by atoms with Crippen molar-refractivity contribution in [1.29, 1.82) is 5.26 Å². The number of rotatable bonds is 8. The van der Waals surface area contributed by atoms with E-state index in [0.29, 0.717) is 12.5 Å². The van der Waals surface area contributed by atoms with Crippen molar-refractivity contribution in [3.8, 4) is 17.5 Å². The molecule has 136 valence electrons. The Bertz CT molecular complexity index is 807. The third-order valence-corrected chi connectivity index (χ3v) is 3.92. The predicted molar refractivity (Wildman–Crippen MR) is 103 cm³/mol. The summed E-state index contributed by atoms with van der Waals surface area (Å²) in [5, 5.41) is 18.6. The number of hydrogen-bond donors (Lipinski definition) is 2. The van der Waals surface area contributed by atoms with E-state index in [9.17, 15) is 4.79 Å². The summed E-state index contributed by atoms with van der Waals surface area (Å²) in [6, 6.07) is 13.2. The lowest BCUT2D eigenvalue weighted by atomic mass is 10.1. The lowest BCUT2D eigenvalue weighted by molar-refractivity contribution is 0.515. The number of nitrogens with zero attached hydrogens (tertiary/aromatic N) is 4. The Morgan fingerprint density at radius 1 is 1.15 bits per heavy atom. The zero-order chi connectivity index (χ0) is 18.6. The number of aliphatic imine (C=N–C) groups is 1. The Hall–Kier alpha value is -3.14. The molecule has 0 fully saturated rings. The molecule has 0 radical (unpaired) electrons. The molecule has 1 heterocycles. The van der Waals surface area contributed by atoms with Crippen molar-refractivity contribution < 1.29 is 0 Å². The van der Waals surface area contributed by atoms with E-state index < -0.39 is 0 Å². The molecule has 0 bridgehead atoms. The fraction of sp³-hybridized carbons (Fsp3) is 0.368. The monoisotopic (exact) mass is 352 g/mol. The second kappa shape index (κ2) is 10.7. The number of aromatic nitrogens is 2. The van der Waals surface area contributed by atoms with Crippen LogP contribution in [-0.4, -0.2) is 29.3 Å². The molecule has 2 rings (SSSR count). The SMILES string of the molecule is C/N=C(\NC#N)NCCCCCCn1nc(-c2ccccc2)ccc1=O. The van der Waals surface area contributed by atoms with Crippen LogP contribution in [0, 0.1) is 11.5 Å². The van der Waals surface area contributed by atoms with Gasteiger partial charge in [0.15, 0.2) is 6.19 Å². The van der Waals surface area contributed by atoms with Gasteiger partial charge in [0.2, 0.25) is 5.96 Å². The Morgan fingerprint density at radius 2 is 1.92 bits per heavy atom. The molecule has 0 aliphatic heterocycles. The second-order valence-electron chi connectivity index (χ2n) is 5.80. The van der Waals surface area contributed by atoms with Gasteiger partial charge in [0.25, 0.3) is 5.56 Å². The molecule has 2 N–H and O–H groups in total. The van der Waals surface area contributed by atoms with Gasteiger partial charge >= 0.3 is 0 Å². The maximum absolute atomic E-state index is 12.0. The van der Waals surface area contributed by atoms with Gasteiger partial charge in [-0.3, -0.25) is 15.1 Å². The lowest BCUT2D eigenvalue weighted by Crippen LogP contribution is -2.34. The molecule has 0 atom stereocenters. The number of hydrogen-bond acceptors (Lipinski definition) is 4. The molecule has 1 aromatic heterocycles. The van der Waals surface area contributed by atoms with Gasteiger partial charge in [0.1, 0.15) is 0 Å². The second-order valence-corrected chi connectivity index (χ2v) is 5.80. The van der Waals surface area contributed by atoms with Crippen LogP contribution >= 0.6 is 0 Å². The lowest BCUT2D eigenvalue weighted by Gasteiger charge is -2.08. The average molecular weight is 352 g/mol. The van der Waals surface area contributed by atoms with E-state index in [0.717, 1.165) is 43.5 Å². The van der Waals surface area contributed by atoms with Crippen molar-refractivity contribution >= 4 is 5.96 Å². The van der Waals surface area contributed by atoms with E-state index in [4.69, 9.17) is 5.26 Å². The molecule has 0 aliphatic carbocycles. The van der Waals surface area contributed by atoms with E-state index >= 15 is 0 Å². The summed E-state index contributed by atoms with van der Waals surface area (Å²) in [7, 11) is 1.63. The smallest absolute Gasteiger partial charge is 0.266 e. The number of unbranched alkanes of at least 4 members (excludes halogenated alkanes) is 3. The first-order valence-electron chi connectivity index (χ1n) is 8.74. The molecular formula is C19H24N6O. The first kappa shape index (κ1) is 19.2. The van der Waals surface area contributed by atoms with Crippen molar-refractivity contribution in [2.75, 3.05) is 13.6 Å². The molecule has 0 aliphatic rings. The first-order chi connectivity index (χ1) is 12.7. The molecule has 7 nitrogen and oxygen atoms in total. The Labute approximate surface area is 153 Å². The first-order valence-corrected chi connectivity index (χ1v) is 8.74. The van der Waals surface area contributed by atoms with Crippen molar-refractivity contribution in [2.24, 2.45) is 4.99 Å². The molecule has 0 unspecified atom stereocenters. The molecule has 0 saturated carbocycles. The summed E-state index contributed by atoms with van der Waals surface area (Å²) >= 11 is 0. The fourth-order valence-electron chi connectivity index (χ4n) is 2.55. The van der Waals surface area contributed by atoms with E-state index in [1.54, 1.807) is 23.9 Å². The summed E-state index contributed by atoms with van der Waals surface area (Å²) in [4.78, 5) is 15.9. The highest BCUT2D eigenvalue weighted by Crippen LogP contribution is 2.14. The number of nitrogens with one attached hydrogen (secondary N) is 2. The van der Waals surface area contributed by atoms with Gasteiger partial charge in [-0.25, -0.2) is 4.68 Å². The quantitative estimate of drug-likeness (QED) is 0.249. The van der Waals surface area contributed by atoms with Crippen LogP contribution < -0.4 is 16.2 Å². The van der Waals surface area contributed by atoms with E-state index in [2.05, 4.69) is 20.7 Å². The third-order valence-electron chi connectivity index (χ3n) is 3.92. The summed E-state index contributed by atoms with van der Waals surface area (Å²) in [6.07, 6.45) is 5.75. The molecule has 0 saturated heterocycles. The maximum atomic E-state index is 12.0. The zero-order valence-electron chi connectivity index (χ0n) is 15.0. The van der Waals surface area contributed by atoms with Crippen molar-refractivity contribution in [2.45, 2.75) is 32.2 Å². The molecule has 7 heteroatoms. The zero-order valence-corrected chi connectivity index (χ0v) is 15.0. The van der Waals surface area contributed by atoms with Crippen LogP contribution in [0.4, 0.5) is 0 Å². The van der Waals surface area contributed by atoms with Crippen molar-refractivity contribution in [3.05, 3.63) is 52.8 Å². The number of aryl methyl sites for hydroxylation is 1. The highest BCUT2D eigenvalue weighted by atomic mass is 16.1. The van der Waals surface area contributed by atoms with Gasteiger partial charge in [-0.15, -0.1) is 0 Å². The Balaban J connectivity index is 1.75. The number of nitriles is 1. The molecule has 26 heavy (non-hydrogen) atoms. The van der Waals surface area contributed by atoms with Crippen LogP contribution in [0.25, 0.3) is 11.3 Å². The fourth-order valence-corrected chi connectivity index (χ4v) is 2.55. The minimum Gasteiger partial charge on any atom is -0.356 e. The topological polar surface area (TPSA) is 95.1 Å². The minimum atomic E-state index is -0.0716. The average Bonchev–Trinajstić information content (AvgIpc) is 2.68. The molecule has 1 aromatic carbocycles. The molecule has 0 amide bonds. The highest BCUT2D eigenvalue weighted by Gasteiger charge is 2.03. The Morgan fingerprint density at radius 3 is 2.65 bits per heavy atom. The van der Waals surface area contributed by atoms with Crippen LogP contribution in [0.1, 0.15) is 25.7 Å². The maximum Gasteiger partial charge on any atom is 0.266 e. The van der Waals surface area contributed by atoms with Gasteiger partial charge < -0.3 is 5.32 Å². The van der Waals surface area contributed by atoms with E-state index in [1.807, 2.05) is 36.5 Å². The summed E-state index contributed by atoms with van der Waals surface area (Å²) in [6.45, 7) is 1.37. The van der Waals surface area contributed by atoms with Gasteiger partial charge in [0.05, 0.1) is 5.69 Å². The van der Waals surface area contributed by atoms with Crippen LogP contribution in [0.15, 0.2) is 52.3 Å². The Kier molecular flexibility index (Phi) is 7.87.